The van der Waals surface area contributed by atoms with Crippen LogP contribution in [0.1, 0.15) is 43.0 Å². The van der Waals surface area contributed by atoms with E-state index in [0.717, 1.165) is 12.1 Å². The van der Waals surface area contributed by atoms with E-state index in [0.29, 0.717) is 23.0 Å². The second kappa shape index (κ2) is 8.51. The Morgan fingerprint density at radius 1 is 1.11 bits per heavy atom. The number of hydrogen-bond donors (Lipinski definition) is 3. The molecule has 8 nitrogen and oxygen atoms in total. The molecule has 146 valence electrons. The molecule has 3 rings (SSSR count). The quantitative estimate of drug-likeness (QED) is 0.585. The number of amides is 2. The first-order valence-electron chi connectivity index (χ1n) is 9.18. The minimum absolute atomic E-state index is 0.196. The fourth-order valence-corrected chi connectivity index (χ4v) is 2.77. The van der Waals surface area contributed by atoms with Crippen LogP contribution in [0, 0.1) is 5.92 Å². The maximum atomic E-state index is 12.4. The molecule has 0 spiro atoms. The molecular formula is C20H24N6O2. The Labute approximate surface area is 163 Å². The highest BCUT2D eigenvalue weighted by molar-refractivity contribution is 6.03. The summed E-state index contributed by atoms with van der Waals surface area (Å²) >= 11 is 0. The van der Waals surface area contributed by atoms with Gasteiger partial charge in [0.05, 0.1) is 0 Å². The van der Waals surface area contributed by atoms with E-state index in [4.69, 9.17) is 0 Å². The summed E-state index contributed by atoms with van der Waals surface area (Å²) in [5, 5.41) is 16.7. The van der Waals surface area contributed by atoms with Crippen molar-refractivity contribution in [3.05, 3.63) is 60.2 Å². The molecule has 0 bridgehead atoms. The fourth-order valence-electron chi connectivity index (χ4n) is 2.77. The highest BCUT2D eigenvalue weighted by Gasteiger charge is 2.16. The highest BCUT2D eigenvalue weighted by atomic mass is 16.2. The van der Waals surface area contributed by atoms with Crippen LogP contribution >= 0.6 is 0 Å². The van der Waals surface area contributed by atoms with Crippen molar-refractivity contribution in [2.45, 2.75) is 33.2 Å². The van der Waals surface area contributed by atoms with Gasteiger partial charge < -0.3 is 10.6 Å². The van der Waals surface area contributed by atoms with Gasteiger partial charge in [0.15, 0.2) is 5.69 Å². The topological polar surface area (TPSA) is 105 Å². The summed E-state index contributed by atoms with van der Waals surface area (Å²) in [5.74, 6) is -0.0294. The van der Waals surface area contributed by atoms with Gasteiger partial charge in [0.2, 0.25) is 5.91 Å². The van der Waals surface area contributed by atoms with Crippen molar-refractivity contribution >= 4 is 23.2 Å². The molecule has 0 saturated carbocycles. The lowest BCUT2D eigenvalue weighted by molar-refractivity contribution is -0.119. The van der Waals surface area contributed by atoms with Crippen molar-refractivity contribution < 1.29 is 9.59 Å². The Balaban J connectivity index is 1.63. The van der Waals surface area contributed by atoms with Crippen LogP contribution in [0.5, 0.6) is 0 Å². The Bertz CT molecular complexity index is 945. The molecule has 1 atom stereocenters. The van der Waals surface area contributed by atoms with E-state index in [-0.39, 0.29) is 11.8 Å². The Hall–Kier alpha value is -3.42. The van der Waals surface area contributed by atoms with Crippen LogP contribution < -0.4 is 10.6 Å². The molecule has 0 radical (unpaired) electrons. The van der Waals surface area contributed by atoms with Crippen molar-refractivity contribution in [3.63, 3.8) is 0 Å². The fraction of sp³-hybridized carbons (Fsp3) is 0.300. The van der Waals surface area contributed by atoms with Gasteiger partial charge in [-0.05, 0) is 49.6 Å². The van der Waals surface area contributed by atoms with Gasteiger partial charge in [-0.3, -0.25) is 19.4 Å². The van der Waals surface area contributed by atoms with Gasteiger partial charge >= 0.3 is 0 Å². The molecule has 2 amide bonds. The van der Waals surface area contributed by atoms with E-state index in [2.05, 4.69) is 39.8 Å². The number of aromatic amines is 1. The Kier molecular flexibility index (Phi) is 5.88. The van der Waals surface area contributed by atoms with E-state index in [1.54, 1.807) is 60.4 Å². The first kappa shape index (κ1) is 19.3. The average Bonchev–Trinajstić information content (AvgIpc) is 3.32. The first-order valence-corrected chi connectivity index (χ1v) is 9.18. The average molecular weight is 380 g/mol. The monoisotopic (exact) mass is 380 g/mol. The second-order valence-electron chi connectivity index (χ2n) is 7.06. The molecule has 0 aliphatic heterocycles. The molecule has 1 unspecified atom stereocenters. The minimum atomic E-state index is -0.448. The maximum Gasteiger partial charge on any atom is 0.276 e. The summed E-state index contributed by atoms with van der Waals surface area (Å²) in [4.78, 5) is 24.8. The SMILES string of the molecule is CC(C)Cc1cc(C(=O)Nc2cccc(NC(=O)C(C)n3cccn3)c2)n[nH]1. The third-order valence-corrected chi connectivity index (χ3v) is 4.18. The van der Waals surface area contributed by atoms with Gasteiger partial charge in [-0.25, -0.2) is 0 Å². The second-order valence-corrected chi connectivity index (χ2v) is 7.06. The number of carbonyl (C=O) groups excluding carboxylic acids is 2. The van der Waals surface area contributed by atoms with E-state index in [1.165, 1.54) is 0 Å². The number of rotatable bonds is 7. The molecule has 28 heavy (non-hydrogen) atoms. The van der Waals surface area contributed by atoms with Gasteiger partial charge in [-0.1, -0.05) is 19.9 Å². The molecule has 0 saturated heterocycles. The zero-order valence-electron chi connectivity index (χ0n) is 16.1. The van der Waals surface area contributed by atoms with Crippen LogP contribution in [-0.4, -0.2) is 31.8 Å². The van der Waals surface area contributed by atoms with E-state index in [9.17, 15) is 9.59 Å². The molecule has 2 aromatic heterocycles. The van der Waals surface area contributed by atoms with Crippen LogP contribution in [0.2, 0.25) is 0 Å². The third kappa shape index (κ3) is 4.85. The third-order valence-electron chi connectivity index (χ3n) is 4.18. The largest absolute Gasteiger partial charge is 0.324 e. The van der Waals surface area contributed by atoms with Crippen molar-refractivity contribution in [2.24, 2.45) is 5.92 Å². The van der Waals surface area contributed by atoms with Crippen molar-refractivity contribution in [2.75, 3.05) is 10.6 Å². The first-order chi connectivity index (χ1) is 13.4. The van der Waals surface area contributed by atoms with E-state index < -0.39 is 6.04 Å². The summed E-state index contributed by atoms with van der Waals surface area (Å²) in [6.07, 6.45) is 4.19. The summed E-state index contributed by atoms with van der Waals surface area (Å²) in [7, 11) is 0. The summed E-state index contributed by atoms with van der Waals surface area (Å²) in [5.41, 5.74) is 2.42. The van der Waals surface area contributed by atoms with Gasteiger partial charge in [0, 0.05) is 29.5 Å². The van der Waals surface area contributed by atoms with E-state index in [1.807, 2.05) is 0 Å². The van der Waals surface area contributed by atoms with Crippen LogP contribution in [0.15, 0.2) is 48.8 Å². The summed E-state index contributed by atoms with van der Waals surface area (Å²) < 4.78 is 1.58. The van der Waals surface area contributed by atoms with Crippen molar-refractivity contribution in [3.8, 4) is 0 Å². The zero-order valence-corrected chi connectivity index (χ0v) is 16.1. The molecular weight excluding hydrogens is 356 g/mol. The van der Waals surface area contributed by atoms with Crippen LogP contribution in [0.25, 0.3) is 0 Å². The highest BCUT2D eigenvalue weighted by Crippen LogP contribution is 2.18. The summed E-state index contributed by atoms with van der Waals surface area (Å²) in [6.45, 7) is 5.97. The Morgan fingerprint density at radius 3 is 2.54 bits per heavy atom. The standard InChI is InChI=1S/C20H24N6O2/c1-13(2)10-17-12-18(25-24-17)20(28)23-16-7-4-6-15(11-16)22-19(27)14(3)26-9-5-8-21-26/h4-9,11-14H,10H2,1-3H3,(H,22,27)(H,23,28)(H,24,25). The molecule has 0 aliphatic carbocycles. The molecule has 1 aromatic carbocycles. The van der Waals surface area contributed by atoms with Gasteiger partial charge in [-0.2, -0.15) is 10.2 Å². The minimum Gasteiger partial charge on any atom is -0.324 e. The zero-order chi connectivity index (χ0) is 20.1. The molecule has 0 fully saturated rings. The number of carbonyl (C=O) groups is 2. The number of hydrogen-bond acceptors (Lipinski definition) is 4. The van der Waals surface area contributed by atoms with Crippen molar-refractivity contribution in [1.29, 1.82) is 0 Å². The van der Waals surface area contributed by atoms with Crippen LogP contribution in [0.3, 0.4) is 0 Å². The number of nitrogens with one attached hydrogen (secondary N) is 3. The summed E-state index contributed by atoms with van der Waals surface area (Å²) in [6, 6.07) is 10.1. The van der Waals surface area contributed by atoms with Crippen LogP contribution in [-0.2, 0) is 11.2 Å². The van der Waals surface area contributed by atoms with Crippen molar-refractivity contribution in [1.82, 2.24) is 20.0 Å². The number of nitrogens with zero attached hydrogens (tertiary/aromatic N) is 3. The molecule has 0 aliphatic rings. The van der Waals surface area contributed by atoms with Gasteiger partial charge in [0.25, 0.3) is 5.91 Å². The Morgan fingerprint density at radius 2 is 1.86 bits per heavy atom. The molecule has 8 heteroatoms. The normalized spacial score (nSPS) is 12.0. The predicted molar refractivity (Wildman–Crippen MR) is 107 cm³/mol. The maximum absolute atomic E-state index is 12.4. The van der Waals surface area contributed by atoms with E-state index >= 15 is 0 Å². The number of H-pyrrole nitrogens is 1. The lowest BCUT2D eigenvalue weighted by atomic mass is 10.1. The van der Waals surface area contributed by atoms with Gasteiger partial charge in [0.1, 0.15) is 6.04 Å². The molecule has 3 N–H and O–H groups in total. The molecule has 2 heterocycles. The number of benzene rings is 1. The number of aromatic nitrogens is 4. The lowest BCUT2D eigenvalue weighted by Gasteiger charge is -2.13. The van der Waals surface area contributed by atoms with Crippen LogP contribution in [0.4, 0.5) is 11.4 Å². The van der Waals surface area contributed by atoms with Gasteiger partial charge in [-0.15, -0.1) is 0 Å². The molecule has 3 aromatic rings. The smallest absolute Gasteiger partial charge is 0.276 e. The number of anilines is 2. The lowest BCUT2D eigenvalue weighted by Crippen LogP contribution is -2.24. The predicted octanol–water partition coefficient (Wildman–Crippen LogP) is 3.26.